The Labute approximate surface area is 62.2 Å². The van der Waals surface area contributed by atoms with Crippen LogP contribution in [0.2, 0.25) is 0 Å². The number of hydrogen-bond acceptors (Lipinski definition) is 2. The molecule has 0 saturated carbocycles. The number of hydrogen-bond donors (Lipinski definition) is 2. The predicted octanol–water partition coefficient (Wildman–Crippen LogP) is 0.673. The molecule has 60 valence electrons. The van der Waals surface area contributed by atoms with E-state index in [-0.39, 0.29) is 11.3 Å². The number of amides is 1. The molecule has 10 heavy (non-hydrogen) atoms. The van der Waals surface area contributed by atoms with Crippen molar-refractivity contribution in [1.82, 2.24) is 10.9 Å². The molecule has 0 radical (unpaired) electrons. The Morgan fingerprint density at radius 3 is 2.20 bits per heavy atom. The molecule has 0 aliphatic rings. The fraction of sp³-hybridized carbons (Fsp3) is 0.857. The van der Waals surface area contributed by atoms with Gasteiger partial charge in [-0.25, -0.2) is 5.43 Å². The second-order valence-corrected chi connectivity index (χ2v) is 3.60. The largest absolute Gasteiger partial charge is 0.292 e. The van der Waals surface area contributed by atoms with Crippen LogP contribution in [0.25, 0.3) is 0 Å². The minimum Gasteiger partial charge on any atom is -0.292 e. The summed E-state index contributed by atoms with van der Waals surface area (Å²) in [5.41, 5.74) is 5.55. The number of rotatable bonds is 2. The molecular formula is C7H16N2O. The Morgan fingerprint density at radius 2 is 1.90 bits per heavy atom. The standard InChI is InChI=1S/C7H16N2O/c1-6(10)9-8-5-7(2,3)4/h8H,5H2,1-4H3,(H,9,10). The van der Waals surface area contributed by atoms with Gasteiger partial charge in [-0.3, -0.25) is 10.2 Å². The van der Waals surface area contributed by atoms with Gasteiger partial charge in [-0.15, -0.1) is 0 Å². The molecular weight excluding hydrogens is 128 g/mol. The maximum absolute atomic E-state index is 10.4. The molecule has 3 nitrogen and oxygen atoms in total. The van der Waals surface area contributed by atoms with E-state index in [1.807, 2.05) is 0 Å². The van der Waals surface area contributed by atoms with Gasteiger partial charge in [0, 0.05) is 13.5 Å². The van der Waals surface area contributed by atoms with Crippen LogP contribution in [0.15, 0.2) is 0 Å². The van der Waals surface area contributed by atoms with Crippen molar-refractivity contribution in [2.75, 3.05) is 6.54 Å². The molecule has 0 aliphatic carbocycles. The van der Waals surface area contributed by atoms with E-state index in [2.05, 4.69) is 31.6 Å². The van der Waals surface area contributed by atoms with Crippen molar-refractivity contribution < 1.29 is 4.79 Å². The number of carbonyl (C=O) groups is 1. The minimum absolute atomic E-state index is 0.0516. The van der Waals surface area contributed by atoms with Gasteiger partial charge in [-0.05, 0) is 5.41 Å². The van der Waals surface area contributed by atoms with Crippen molar-refractivity contribution in [3.05, 3.63) is 0 Å². The number of hydrazine groups is 1. The topological polar surface area (TPSA) is 41.1 Å². The summed E-state index contributed by atoms with van der Waals surface area (Å²) in [5, 5.41) is 0. The third-order valence-electron chi connectivity index (χ3n) is 0.883. The Balaban J connectivity index is 3.29. The van der Waals surface area contributed by atoms with E-state index in [1.165, 1.54) is 6.92 Å². The monoisotopic (exact) mass is 144 g/mol. The minimum atomic E-state index is -0.0516. The maximum atomic E-state index is 10.4. The average Bonchev–Trinajstić information content (AvgIpc) is 1.59. The summed E-state index contributed by atoms with van der Waals surface area (Å²) < 4.78 is 0. The zero-order valence-electron chi connectivity index (χ0n) is 7.12. The lowest BCUT2D eigenvalue weighted by molar-refractivity contribution is -0.120. The first-order valence-corrected chi connectivity index (χ1v) is 3.41. The summed E-state index contributed by atoms with van der Waals surface area (Å²) in [6.07, 6.45) is 0. The molecule has 0 saturated heterocycles. The molecule has 0 aromatic heterocycles. The molecule has 1 amide bonds. The van der Waals surface area contributed by atoms with Crippen LogP contribution >= 0.6 is 0 Å². The van der Waals surface area contributed by atoms with Gasteiger partial charge < -0.3 is 0 Å². The first kappa shape index (κ1) is 9.43. The van der Waals surface area contributed by atoms with E-state index < -0.39 is 0 Å². The Morgan fingerprint density at radius 1 is 1.40 bits per heavy atom. The molecule has 0 fully saturated rings. The lowest BCUT2D eigenvalue weighted by Crippen LogP contribution is -2.40. The van der Waals surface area contributed by atoms with Gasteiger partial charge in [0.2, 0.25) is 5.91 Å². The molecule has 3 heteroatoms. The summed E-state index contributed by atoms with van der Waals surface area (Å²) in [7, 11) is 0. The Kier molecular flexibility index (Phi) is 3.36. The smallest absolute Gasteiger partial charge is 0.230 e. The second kappa shape index (κ2) is 3.56. The van der Waals surface area contributed by atoms with Gasteiger partial charge in [0.05, 0.1) is 0 Å². The summed E-state index contributed by atoms with van der Waals surface area (Å²) in [5.74, 6) is -0.0516. The Bertz CT molecular complexity index is 115. The van der Waals surface area contributed by atoms with E-state index in [1.54, 1.807) is 0 Å². The van der Waals surface area contributed by atoms with Crippen molar-refractivity contribution >= 4 is 5.91 Å². The highest BCUT2D eigenvalue weighted by molar-refractivity contribution is 5.72. The van der Waals surface area contributed by atoms with E-state index in [0.717, 1.165) is 6.54 Å². The predicted molar refractivity (Wildman–Crippen MR) is 41.3 cm³/mol. The normalized spacial score (nSPS) is 11.2. The quantitative estimate of drug-likeness (QED) is 0.559. The van der Waals surface area contributed by atoms with Gasteiger partial charge in [-0.2, -0.15) is 0 Å². The van der Waals surface area contributed by atoms with E-state index >= 15 is 0 Å². The molecule has 0 aliphatic heterocycles. The van der Waals surface area contributed by atoms with Crippen molar-refractivity contribution in [3.8, 4) is 0 Å². The molecule has 0 spiro atoms. The molecule has 0 rings (SSSR count). The number of nitrogens with one attached hydrogen (secondary N) is 2. The fourth-order valence-corrected chi connectivity index (χ4v) is 0.434. The zero-order chi connectivity index (χ0) is 8.20. The lowest BCUT2D eigenvalue weighted by Gasteiger charge is -2.18. The van der Waals surface area contributed by atoms with E-state index in [4.69, 9.17) is 0 Å². The first-order valence-electron chi connectivity index (χ1n) is 3.41. The van der Waals surface area contributed by atoms with Gasteiger partial charge in [0.25, 0.3) is 0 Å². The third-order valence-corrected chi connectivity index (χ3v) is 0.883. The van der Waals surface area contributed by atoms with E-state index in [0.29, 0.717) is 0 Å². The van der Waals surface area contributed by atoms with Crippen LogP contribution in [0.5, 0.6) is 0 Å². The summed E-state index contributed by atoms with van der Waals surface area (Å²) in [6, 6.07) is 0. The second-order valence-electron chi connectivity index (χ2n) is 3.60. The SMILES string of the molecule is CC(=O)NNCC(C)(C)C. The van der Waals surface area contributed by atoms with Gasteiger partial charge in [0.1, 0.15) is 0 Å². The van der Waals surface area contributed by atoms with Crippen LogP contribution in [0, 0.1) is 5.41 Å². The summed E-state index contributed by atoms with van der Waals surface area (Å²) in [4.78, 5) is 10.4. The highest BCUT2D eigenvalue weighted by Gasteiger charge is 2.08. The first-order chi connectivity index (χ1) is 4.42. The summed E-state index contributed by atoms with van der Waals surface area (Å²) in [6.45, 7) is 8.56. The number of carbonyl (C=O) groups excluding carboxylic acids is 1. The van der Waals surface area contributed by atoms with Crippen LogP contribution in [0.3, 0.4) is 0 Å². The van der Waals surface area contributed by atoms with Crippen molar-refractivity contribution in [1.29, 1.82) is 0 Å². The zero-order valence-corrected chi connectivity index (χ0v) is 7.12. The molecule has 0 bridgehead atoms. The molecule has 0 aromatic carbocycles. The van der Waals surface area contributed by atoms with Gasteiger partial charge >= 0.3 is 0 Å². The third kappa shape index (κ3) is 7.43. The molecule has 0 unspecified atom stereocenters. The van der Waals surface area contributed by atoms with Crippen molar-refractivity contribution in [3.63, 3.8) is 0 Å². The highest BCUT2D eigenvalue weighted by atomic mass is 16.2. The molecule has 0 aromatic rings. The summed E-state index contributed by atoms with van der Waals surface area (Å²) >= 11 is 0. The average molecular weight is 144 g/mol. The molecule has 0 atom stereocenters. The van der Waals surface area contributed by atoms with Crippen LogP contribution in [-0.4, -0.2) is 12.5 Å². The van der Waals surface area contributed by atoms with Crippen LogP contribution in [0.1, 0.15) is 27.7 Å². The van der Waals surface area contributed by atoms with Gasteiger partial charge in [0.15, 0.2) is 0 Å². The van der Waals surface area contributed by atoms with Crippen LogP contribution in [0.4, 0.5) is 0 Å². The Hall–Kier alpha value is -0.570. The maximum Gasteiger partial charge on any atom is 0.230 e. The van der Waals surface area contributed by atoms with Crippen LogP contribution < -0.4 is 10.9 Å². The highest BCUT2D eigenvalue weighted by Crippen LogP contribution is 2.09. The molecule has 0 heterocycles. The lowest BCUT2D eigenvalue weighted by atomic mass is 9.97. The van der Waals surface area contributed by atoms with Crippen LogP contribution in [-0.2, 0) is 4.79 Å². The van der Waals surface area contributed by atoms with Gasteiger partial charge in [-0.1, -0.05) is 20.8 Å². The van der Waals surface area contributed by atoms with E-state index in [9.17, 15) is 4.79 Å². The van der Waals surface area contributed by atoms with Crippen molar-refractivity contribution in [2.45, 2.75) is 27.7 Å². The van der Waals surface area contributed by atoms with Crippen molar-refractivity contribution in [2.24, 2.45) is 5.41 Å². The fourth-order valence-electron chi connectivity index (χ4n) is 0.434. The molecule has 2 N–H and O–H groups in total.